The SMILES string of the molecule is CCOC(=O)CN(C)C(=O)NCC(=O)O. The zero-order chi connectivity index (χ0) is 11.8. The van der Waals surface area contributed by atoms with Gasteiger partial charge >= 0.3 is 18.0 Å². The lowest BCUT2D eigenvalue weighted by molar-refractivity contribution is -0.143. The average Bonchev–Trinajstić information content (AvgIpc) is 2.14. The summed E-state index contributed by atoms with van der Waals surface area (Å²) in [6.45, 7) is 1.21. The maximum Gasteiger partial charge on any atom is 0.325 e. The van der Waals surface area contributed by atoms with Gasteiger partial charge in [0.05, 0.1) is 6.61 Å². The third-order valence-electron chi connectivity index (χ3n) is 1.41. The fraction of sp³-hybridized carbons (Fsp3) is 0.625. The molecule has 2 amide bonds. The van der Waals surface area contributed by atoms with Gasteiger partial charge in [0, 0.05) is 7.05 Å². The highest BCUT2D eigenvalue weighted by Crippen LogP contribution is 1.87. The standard InChI is InChI=1S/C8H14N2O5/c1-3-15-7(13)5-10(2)8(14)9-4-6(11)12/h3-5H2,1-2H3,(H,9,14)(H,11,12). The molecule has 0 spiro atoms. The number of carbonyl (C=O) groups excluding carboxylic acids is 2. The van der Waals surface area contributed by atoms with Crippen molar-refractivity contribution in [1.82, 2.24) is 10.2 Å². The summed E-state index contributed by atoms with van der Waals surface area (Å²) in [7, 11) is 1.37. The van der Waals surface area contributed by atoms with Crippen LogP contribution in [0.15, 0.2) is 0 Å². The highest BCUT2D eigenvalue weighted by molar-refractivity contribution is 5.83. The molecule has 0 aliphatic carbocycles. The Labute approximate surface area is 87.0 Å². The molecular weight excluding hydrogens is 204 g/mol. The third-order valence-corrected chi connectivity index (χ3v) is 1.41. The molecule has 0 aromatic carbocycles. The van der Waals surface area contributed by atoms with E-state index in [1.165, 1.54) is 7.05 Å². The largest absolute Gasteiger partial charge is 0.480 e. The van der Waals surface area contributed by atoms with Gasteiger partial charge in [-0.1, -0.05) is 0 Å². The lowest BCUT2D eigenvalue weighted by Gasteiger charge is -2.15. The van der Waals surface area contributed by atoms with Gasteiger partial charge in [-0.2, -0.15) is 0 Å². The van der Waals surface area contributed by atoms with E-state index in [0.29, 0.717) is 0 Å². The summed E-state index contributed by atoms with van der Waals surface area (Å²) in [5.41, 5.74) is 0. The first-order valence-electron chi connectivity index (χ1n) is 4.33. The minimum Gasteiger partial charge on any atom is -0.480 e. The number of urea groups is 1. The maximum absolute atomic E-state index is 11.1. The quantitative estimate of drug-likeness (QED) is 0.593. The van der Waals surface area contributed by atoms with Gasteiger partial charge in [0.1, 0.15) is 13.1 Å². The number of carbonyl (C=O) groups is 3. The number of hydrogen-bond acceptors (Lipinski definition) is 4. The highest BCUT2D eigenvalue weighted by Gasteiger charge is 2.13. The second-order valence-electron chi connectivity index (χ2n) is 2.71. The lowest BCUT2D eigenvalue weighted by atomic mass is 10.5. The van der Waals surface area contributed by atoms with Crippen LogP contribution in [0, 0.1) is 0 Å². The second-order valence-corrected chi connectivity index (χ2v) is 2.71. The van der Waals surface area contributed by atoms with E-state index in [-0.39, 0.29) is 13.2 Å². The van der Waals surface area contributed by atoms with Crippen molar-refractivity contribution in [1.29, 1.82) is 0 Å². The van der Waals surface area contributed by atoms with Crippen molar-refractivity contribution >= 4 is 18.0 Å². The maximum atomic E-state index is 11.1. The number of carboxylic acids is 1. The van der Waals surface area contributed by atoms with Crippen molar-refractivity contribution in [2.45, 2.75) is 6.92 Å². The molecule has 7 heteroatoms. The van der Waals surface area contributed by atoms with Crippen LogP contribution in [0.3, 0.4) is 0 Å². The van der Waals surface area contributed by atoms with Crippen LogP contribution in [0.5, 0.6) is 0 Å². The first kappa shape index (κ1) is 13.2. The van der Waals surface area contributed by atoms with Gasteiger partial charge in [0.15, 0.2) is 0 Å². The average molecular weight is 218 g/mol. The normalized spacial score (nSPS) is 9.20. The van der Waals surface area contributed by atoms with Gasteiger partial charge < -0.3 is 20.1 Å². The van der Waals surface area contributed by atoms with E-state index < -0.39 is 24.5 Å². The Bertz CT molecular complexity index is 253. The van der Waals surface area contributed by atoms with Gasteiger partial charge in [-0.3, -0.25) is 9.59 Å². The van der Waals surface area contributed by atoms with Crippen molar-refractivity contribution in [3.05, 3.63) is 0 Å². The Hall–Kier alpha value is -1.79. The van der Waals surface area contributed by atoms with Crippen LogP contribution in [0.2, 0.25) is 0 Å². The van der Waals surface area contributed by atoms with Crippen LogP contribution in [-0.4, -0.2) is 54.7 Å². The Morgan fingerprint density at radius 3 is 2.47 bits per heavy atom. The van der Waals surface area contributed by atoms with E-state index in [1.807, 2.05) is 0 Å². The summed E-state index contributed by atoms with van der Waals surface area (Å²) in [4.78, 5) is 33.2. The van der Waals surface area contributed by atoms with Gasteiger partial charge in [-0.15, -0.1) is 0 Å². The summed E-state index contributed by atoms with van der Waals surface area (Å²) >= 11 is 0. The van der Waals surface area contributed by atoms with Crippen molar-refractivity contribution in [2.24, 2.45) is 0 Å². The summed E-state index contributed by atoms with van der Waals surface area (Å²) in [5.74, 6) is -1.68. The van der Waals surface area contributed by atoms with Gasteiger partial charge in [0.2, 0.25) is 0 Å². The Kier molecular flexibility index (Phi) is 5.84. The van der Waals surface area contributed by atoms with Crippen LogP contribution in [-0.2, 0) is 14.3 Å². The minimum absolute atomic E-state index is 0.209. The highest BCUT2D eigenvalue weighted by atomic mass is 16.5. The summed E-state index contributed by atoms with van der Waals surface area (Å²) < 4.78 is 4.61. The van der Waals surface area contributed by atoms with Crippen LogP contribution < -0.4 is 5.32 Å². The Morgan fingerprint density at radius 1 is 1.40 bits per heavy atom. The second kappa shape index (κ2) is 6.63. The molecule has 0 aromatic heterocycles. The van der Waals surface area contributed by atoms with E-state index in [9.17, 15) is 14.4 Å². The molecular formula is C8H14N2O5. The number of likely N-dealkylation sites (N-methyl/N-ethyl adjacent to an activating group) is 1. The Balaban J connectivity index is 3.88. The molecule has 15 heavy (non-hydrogen) atoms. The van der Waals surface area contributed by atoms with E-state index in [1.54, 1.807) is 6.92 Å². The minimum atomic E-state index is -1.15. The molecule has 0 aliphatic heterocycles. The molecule has 0 rings (SSSR count). The monoisotopic (exact) mass is 218 g/mol. The van der Waals surface area contributed by atoms with Gasteiger partial charge in [0.25, 0.3) is 0 Å². The Morgan fingerprint density at radius 2 is 2.00 bits per heavy atom. The fourth-order valence-electron chi connectivity index (χ4n) is 0.758. The molecule has 86 valence electrons. The molecule has 7 nitrogen and oxygen atoms in total. The molecule has 0 radical (unpaired) electrons. The predicted molar refractivity (Wildman–Crippen MR) is 50.3 cm³/mol. The topological polar surface area (TPSA) is 95.9 Å². The number of ether oxygens (including phenoxy) is 1. The lowest BCUT2D eigenvalue weighted by Crippen LogP contribution is -2.42. The molecule has 0 saturated heterocycles. The summed E-state index contributed by atoms with van der Waals surface area (Å²) in [6, 6.07) is -0.634. The predicted octanol–water partition coefficient (Wildman–Crippen LogP) is -0.724. The number of carboxylic acid groups (broad SMARTS) is 1. The van der Waals surface area contributed by atoms with Crippen LogP contribution in [0.25, 0.3) is 0 Å². The summed E-state index contributed by atoms with van der Waals surface area (Å²) in [5, 5.41) is 10.4. The number of aliphatic carboxylic acids is 1. The van der Waals surface area contributed by atoms with Crippen LogP contribution >= 0.6 is 0 Å². The number of nitrogens with zero attached hydrogens (tertiary/aromatic N) is 1. The molecule has 0 atom stereocenters. The van der Waals surface area contributed by atoms with Crippen molar-refractivity contribution in [3.8, 4) is 0 Å². The number of esters is 1. The molecule has 2 N–H and O–H groups in total. The molecule has 0 aliphatic rings. The zero-order valence-electron chi connectivity index (χ0n) is 8.65. The number of amides is 2. The van der Waals surface area contributed by atoms with Crippen LogP contribution in [0.1, 0.15) is 6.92 Å². The molecule has 0 heterocycles. The fourth-order valence-corrected chi connectivity index (χ4v) is 0.758. The molecule has 0 aromatic rings. The van der Waals surface area contributed by atoms with Crippen molar-refractivity contribution in [2.75, 3.05) is 26.7 Å². The first-order chi connectivity index (χ1) is 6.97. The molecule has 0 unspecified atom stereocenters. The van der Waals surface area contributed by atoms with E-state index >= 15 is 0 Å². The van der Waals surface area contributed by atoms with Gasteiger partial charge in [-0.05, 0) is 6.92 Å². The van der Waals surface area contributed by atoms with E-state index in [4.69, 9.17) is 5.11 Å². The summed E-state index contributed by atoms with van der Waals surface area (Å²) in [6.07, 6.45) is 0. The van der Waals surface area contributed by atoms with Gasteiger partial charge in [-0.25, -0.2) is 4.79 Å². The van der Waals surface area contributed by atoms with Crippen molar-refractivity contribution in [3.63, 3.8) is 0 Å². The zero-order valence-corrected chi connectivity index (χ0v) is 8.65. The smallest absolute Gasteiger partial charge is 0.325 e. The number of hydrogen-bond donors (Lipinski definition) is 2. The number of rotatable bonds is 5. The van der Waals surface area contributed by atoms with E-state index in [0.717, 1.165) is 4.90 Å². The van der Waals surface area contributed by atoms with Crippen LogP contribution in [0.4, 0.5) is 4.79 Å². The van der Waals surface area contributed by atoms with E-state index in [2.05, 4.69) is 10.1 Å². The first-order valence-corrected chi connectivity index (χ1v) is 4.33. The van der Waals surface area contributed by atoms with Crippen molar-refractivity contribution < 1.29 is 24.2 Å². The molecule has 0 saturated carbocycles. The molecule has 0 fully saturated rings. The molecule has 0 bridgehead atoms. The number of nitrogens with one attached hydrogen (secondary N) is 1. The third kappa shape index (κ3) is 6.30.